The highest BCUT2D eigenvalue weighted by molar-refractivity contribution is 5.82. The average molecular weight is 459 g/mol. The molecule has 2 atom stereocenters. The molecule has 1 aromatic carbocycles. The molecule has 174 valence electrons. The Bertz CT molecular complexity index is 955. The summed E-state index contributed by atoms with van der Waals surface area (Å²) in [6.45, 7) is 0.106. The van der Waals surface area contributed by atoms with Crippen LogP contribution in [0.25, 0.3) is 11.1 Å². The van der Waals surface area contributed by atoms with Crippen LogP contribution in [0.5, 0.6) is 5.88 Å². The van der Waals surface area contributed by atoms with Crippen molar-refractivity contribution in [1.29, 1.82) is 0 Å². The molecule has 1 amide bonds. The van der Waals surface area contributed by atoms with Crippen LogP contribution in [0.2, 0.25) is 0 Å². The van der Waals surface area contributed by atoms with Gasteiger partial charge in [-0.15, -0.1) is 0 Å². The molecule has 3 rings (SSSR count). The molecule has 0 radical (unpaired) electrons. The number of hydrogen-bond donors (Lipinski definition) is 2. The SMILES string of the molecule is COCCOc1nc(C(F)(F)F)ccc1-c1cc(F)cc(CNC(=O)C2CC(F)CN2)c1. The van der Waals surface area contributed by atoms with Crippen LogP contribution in [0.1, 0.15) is 17.7 Å². The zero-order valence-corrected chi connectivity index (χ0v) is 17.1. The molecule has 0 spiro atoms. The summed E-state index contributed by atoms with van der Waals surface area (Å²) in [5.41, 5.74) is -0.400. The highest BCUT2D eigenvalue weighted by Crippen LogP contribution is 2.35. The van der Waals surface area contributed by atoms with Crippen LogP contribution in [0.4, 0.5) is 22.0 Å². The van der Waals surface area contributed by atoms with E-state index in [-0.39, 0.29) is 49.7 Å². The van der Waals surface area contributed by atoms with E-state index in [1.165, 1.54) is 19.2 Å². The van der Waals surface area contributed by atoms with E-state index < -0.39 is 35.8 Å². The number of hydrogen-bond acceptors (Lipinski definition) is 5. The van der Waals surface area contributed by atoms with Gasteiger partial charge in [-0.05, 0) is 41.5 Å². The average Bonchev–Trinajstić information content (AvgIpc) is 3.17. The third-order valence-corrected chi connectivity index (χ3v) is 4.81. The number of carbonyl (C=O) groups is 1. The third-order valence-electron chi connectivity index (χ3n) is 4.81. The molecule has 2 unspecified atom stereocenters. The van der Waals surface area contributed by atoms with Crippen molar-refractivity contribution >= 4 is 5.91 Å². The standard InChI is InChI=1S/C21H22F5N3O3/c1-31-4-5-32-20-16(2-3-18(29-20)21(24,25)26)13-6-12(7-14(22)8-13)10-28-19(30)17-9-15(23)11-27-17/h2-3,6-8,15,17,27H,4-5,9-11H2,1H3,(H,28,30). The minimum Gasteiger partial charge on any atom is -0.475 e. The zero-order valence-electron chi connectivity index (χ0n) is 17.1. The Morgan fingerprint density at radius 3 is 2.69 bits per heavy atom. The first-order valence-electron chi connectivity index (χ1n) is 9.82. The van der Waals surface area contributed by atoms with Crippen LogP contribution in [-0.2, 0) is 22.3 Å². The lowest BCUT2D eigenvalue weighted by Gasteiger charge is -2.15. The fourth-order valence-corrected chi connectivity index (χ4v) is 3.26. The van der Waals surface area contributed by atoms with E-state index in [4.69, 9.17) is 9.47 Å². The molecule has 0 saturated carbocycles. The Morgan fingerprint density at radius 1 is 1.25 bits per heavy atom. The number of pyridine rings is 1. The van der Waals surface area contributed by atoms with Crippen molar-refractivity contribution in [3.63, 3.8) is 0 Å². The lowest BCUT2D eigenvalue weighted by Crippen LogP contribution is -2.40. The van der Waals surface area contributed by atoms with Crippen LogP contribution in [-0.4, -0.2) is 50.0 Å². The molecule has 1 aliphatic heterocycles. The maximum absolute atomic E-state index is 14.3. The molecular weight excluding hydrogens is 437 g/mol. The summed E-state index contributed by atoms with van der Waals surface area (Å²) >= 11 is 0. The number of alkyl halides is 4. The molecule has 2 N–H and O–H groups in total. The lowest BCUT2D eigenvalue weighted by atomic mass is 10.0. The van der Waals surface area contributed by atoms with Gasteiger partial charge in [-0.25, -0.2) is 13.8 Å². The molecular formula is C21H22F5N3O3. The van der Waals surface area contributed by atoms with Crippen LogP contribution in [0, 0.1) is 5.82 Å². The van der Waals surface area contributed by atoms with E-state index in [0.29, 0.717) is 5.56 Å². The van der Waals surface area contributed by atoms with Gasteiger partial charge in [0.1, 0.15) is 24.3 Å². The minimum absolute atomic E-state index is 0.0490. The van der Waals surface area contributed by atoms with Gasteiger partial charge < -0.3 is 20.1 Å². The highest BCUT2D eigenvalue weighted by atomic mass is 19.4. The molecule has 32 heavy (non-hydrogen) atoms. The number of methoxy groups -OCH3 is 1. The van der Waals surface area contributed by atoms with Crippen molar-refractivity contribution < 1.29 is 36.2 Å². The van der Waals surface area contributed by atoms with Gasteiger partial charge in [0.05, 0.1) is 12.6 Å². The van der Waals surface area contributed by atoms with Gasteiger partial charge in [0.15, 0.2) is 0 Å². The Labute approximate surface area is 181 Å². The van der Waals surface area contributed by atoms with Gasteiger partial charge in [-0.2, -0.15) is 13.2 Å². The van der Waals surface area contributed by atoms with E-state index in [2.05, 4.69) is 15.6 Å². The van der Waals surface area contributed by atoms with Gasteiger partial charge in [-0.1, -0.05) is 0 Å². The monoisotopic (exact) mass is 459 g/mol. The zero-order chi connectivity index (χ0) is 23.3. The number of nitrogens with one attached hydrogen (secondary N) is 2. The summed E-state index contributed by atoms with van der Waals surface area (Å²) in [7, 11) is 1.41. The largest absolute Gasteiger partial charge is 0.475 e. The van der Waals surface area contributed by atoms with Crippen LogP contribution in [0.15, 0.2) is 30.3 Å². The van der Waals surface area contributed by atoms with Crippen molar-refractivity contribution in [2.75, 3.05) is 26.9 Å². The van der Waals surface area contributed by atoms with Crippen LogP contribution in [0.3, 0.4) is 0 Å². The number of aromatic nitrogens is 1. The molecule has 1 saturated heterocycles. The fourth-order valence-electron chi connectivity index (χ4n) is 3.26. The quantitative estimate of drug-likeness (QED) is 0.469. The molecule has 2 heterocycles. The van der Waals surface area contributed by atoms with Crippen LogP contribution >= 0.6 is 0 Å². The summed E-state index contributed by atoms with van der Waals surface area (Å²) in [4.78, 5) is 15.7. The first-order valence-corrected chi connectivity index (χ1v) is 9.82. The smallest absolute Gasteiger partial charge is 0.433 e. The van der Waals surface area contributed by atoms with E-state index in [1.54, 1.807) is 0 Å². The Kier molecular flexibility index (Phi) is 7.62. The molecule has 1 aromatic heterocycles. The molecule has 1 aliphatic rings. The second-order valence-electron chi connectivity index (χ2n) is 7.25. The Balaban J connectivity index is 1.83. The summed E-state index contributed by atoms with van der Waals surface area (Å²) in [5, 5.41) is 5.36. The third kappa shape index (κ3) is 6.13. The fraction of sp³-hybridized carbons (Fsp3) is 0.429. The number of rotatable bonds is 8. The molecule has 11 heteroatoms. The van der Waals surface area contributed by atoms with E-state index in [0.717, 1.165) is 18.2 Å². The summed E-state index contributed by atoms with van der Waals surface area (Å²) in [6.07, 6.45) is -5.72. The van der Waals surface area contributed by atoms with Crippen LogP contribution < -0.4 is 15.4 Å². The lowest BCUT2D eigenvalue weighted by molar-refractivity contribution is -0.141. The van der Waals surface area contributed by atoms with Crippen molar-refractivity contribution in [2.45, 2.75) is 31.4 Å². The van der Waals surface area contributed by atoms with Gasteiger partial charge in [-0.3, -0.25) is 4.79 Å². The molecule has 6 nitrogen and oxygen atoms in total. The Hall–Kier alpha value is -2.79. The molecule has 2 aromatic rings. The number of nitrogens with zero attached hydrogens (tertiary/aromatic N) is 1. The number of benzene rings is 1. The normalized spacial score (nSPS) is 18.6. The second kappa shape index (κ2) is 10.2. The van der Waals surface area contributed by atoms with Gasteiger partial charge in [0, 0.05) is 32.2 Å². The van der Waals surface area contributed by atoms with Crippen molar-refractivity contribution in [1.82, 2.24) is 15.6 Å². The van der Waals surface area contributed by atoms with E-state index in [9.17, 15) is 26.7 Å². The maximum Gasteiger partial charge on any atom is 0.433 e. The predicted molar refractivity (Wildman–Crippen MR) is 105 cm³/mol. The summed E-state index contributed by atoms with van der Waals surface area (Å²) in [5.74, 6) is -1.39. The number of halogens is 5. The van der Waals surface area contributed by atoms with Gasteiger partial charge >= 0.3 is 6.18 Å². The first-order chi connectivity index (χ1) is 15.2. The topological polar surface area (TPSA) is 72.5 Å². The first kappa shape index (κ1) is 23.9. The van der Waals surface area contributed by atoms with Gasteiger partial charge in [0.25, 0.3) is 0 Å². The van der Waals surface area contributed by atoms with Crippen molar-refractivity contribution in [2.24, 2.45) is 0 Å². The Morgan fingerprint density at radius 2 is 2.03 bits per heavy atom. The second-order valence-corrected chi connectivity index (χ2v) is 7.25. The summed E-state index contributed by atoms with van der Waals surface area (Å²) in [6, 6.07) is 5.09. The predicted octanol–water partition coefficient (Wildman–Crippen LogP) is 3.25. The summed E-state index contributed by atoms with van der Waals surface area (Å²) < 4.78 is 76.9. The van der Waals surface area contributed by atoms with Crippen molar-refractivity contribution in [3.05, 3.63) is 47.4 Å². The molecule has 1 fully saturated rings. The highest BCUT2D eigenvalue weighted by Gasteiger charge is 2.33. The van der Waals surface area contributed by atoms with Gasteiger partial charge in [0.2, 0.25) is 11.8 Å². The number of carbonyl (C=O) groups excluding carboxylic acids is 1. The molecule has 0 aliphatic carbocycles. The van der Waals surface area contributed by atoms with Crippen molar-refractivity contribution in [3.8, 4) is 17.0 Å². The maximum atomic E-state index is 14.3. The van der Waals surface area contributed by atoms with E-state index in [1.807, 2.05) is 0 Å². The number of ether oxygens (including phenoxy) is 2. The molecule has 0 bridgehead atoms. The number of amides is 1. The van der Waals surface area contributed by atoms with E-state index >= 15 is 0 Å². The minimum atomic E-state index is -4.68.